The van der Waals surface area contributed by atoms with Gasteiger partial charge in [-0.15, -0.1) is 0 Å². The van der Waals surface area contributed by atoms with Gasteiger partial charge in [0.1, 0.15) is 0 Å². The second kappa shape index (κ2) is 6.69. The molecule has 1 fully saturated rings. The van der Waals surface area contributed by atoms with E-state index >= 15 is 0 Å². The second-order valence-corrected chi connectivity index (χ2v) is 8.53. The van der Waals surface area contributed by atoms with Crippen LogP contribution in [0.1, 0.15) is 32.1 Å². The van der Waals surface area contributed by atoms with Crippen molar-refractivity contribution in [2.75, 3.05) is 17.6 Å². The highest BCUT2D eigenvalue weighted by Gasteiger charge is 2.35. The predicted octanol–water partition coefficient (Wildman–Crippen LogP) is 6.22. The van der Waals surface area contributed by atoms with Gasteiger partial charge in [-0.25, -0.2) is 0 Å². The SMILES string of the molecule is Clc1cc(Br)cc(Cl)c1NC1=NCC2(CCCCC2)CS1. The molecule has 0 atom stereocenters. The zero-order valence-electron chi connectivity index (χ0n) is 11.6. The number of halogens is 3. The van der Waals surface area contributed by atoms with Gasteiger partial charge in [-0.2, -0.15) is 0 Å². The third-order valence-electron chi connectivity index (χ3n) is 4.23. The van der Waals surface area contributed by atoms with Crippen LogP contribution in [0.2, 0.25) is 10.0 Å². The third-order valence-corrected chi connectivity index (χ3v) is 6.54. The number of rotatable bonds is 1. The number of amidine groups is 1. The van der Waals surface area contributed by atoms with Crippen LogP contribution in [0.5, 0.6) is 0 Å². The Hall–Kier alpha value is 0.1000. The summed E-state index contributed by atoms with van der Waals surface area (Å²) in [6.45, 7) is 0.925. The van der Waals surface area contributed by atoms with Crippen LogP contribution in [-0.4, -0.2) is 17.5 Å². The van der Waals surface area contributed by atoms with Crippen LogP contribution in [0, 0.1) is 5.41 Å². The van der Waals surface area contributed by atoms with Gasteiger partial charge >= 0.3 is 0 Å². The van der Waals surface area contributed by atoms with Crippen LogP contribution < -0.4 is 5.32 Å². The van der Waals surface area contributed by atoms with Crippen LogP contribution in [-0.2, 0) is 0 Å². The largest absolute Gasteiger partial charge is 0.333 e. The Morgan fingerprint density at radius 3 is 2.38 bits per heavy atom. The number of nitrogens with zero attached hydrogens (tertiary/aromatic N) is 1. The Morgan fingerprint density at radius 2 is 1.81 bits per heavy atom. The van der Waals surface area contributed by atoms with Gasteiger partial charge < -0.3 is 5.32 Å². The molecule has 0 radical (unpaired) electrons. The van der Waals surface area contributed by atoms with Gasteiger partial charge in [0.2, 0.25) is 0 Å². The summed E-state index contributed by atoms with van der Waals surface area (Å²) in [6.07, 6.45) is 6.71. The van der Waals surface area contributed by atoms with Crippen molar-refractivity contribution in [3.63, 3.8) is 0 Å². The zero-order valence-corrected chi connectivity index (χ0v) is 15.5. The number of hydrogen-bond acceptors (Lipinski definition) is 3. The van der Waals surface area contributed by atoms with Crippen molar-refractivity contribution in [1.29, 1.82) is 0 Å². The van der Waals surface area contributed by atoms with Crippen molar-refractivity contribution in [3.8, 4) is 0 Å². The average Bonchev–Trinajstić information content (AvgIpc) is 2.46. The molecular weight excluding hydrogens is 391 g/mol. The Labute approximate surface area is 148 Å². The first kappa shape index (κ1) is 16.0. The van der Waals surface area contributed by atoms with Crippen molar-refractivity contribution in [1.82, 2.24) is 0 Å². The van der Waals surface area contributed by atoms with Crippen LogP contribution in [0.25, 0.3) is 0 Å². The normalized spacial score (nSPS) is 21.2. The lowest BCUT2D eigenvalue weighted by Crippen LogP contribution is -2.35. The fourth-order valence-corrected chi connectivity index (χ4v) is 5.46. The second-order valence-electron chi connectivity index (χ2n) is 5.84. The van der Waals surface area contributed by atoms with Gasteiger partial charge in [0.05, 0.1) is 15.7 Å². The number of nitrogens with one attached hydrogen (secondary N) is 1. The molecule has 1 N–H and O–H groups in total. The van der Waals surface area contributed by atoms with E-state index in [1.54, 1.807) is 11.8 Å². The van der Waals surface area contributed by atoms with Crippen molar-refractivity contribution in [2.24, 2.45) is 10.4 Å². The van der Waals surface area contributed by atoms with E-state index in [0.717, 1.165) is 27.6 Å². The molecule has 1 heterocycles. The topological polar surface area (TPSA) is 24.4 Å². The molecule has 0 aromatic heterocycles. The van der Waals surface area contributed by atoms with Crippen molar-refractivity contribution < 1.29 is 0 Å². The van der Waals surface area contributed by atoms with Gasteiger partial charge in [-0.1, -0.05) is 70.2 Å². The molecule has 1 aliphatic heterocycles. The van der Waals surface area contributed by atoms with Crippen LogP contribution in [0.15, 0.2) is 21.6 Å². The van der Waals surface area contributed by atoms with Crippen molar-refractivity contribution in [3.05, 3.63) is 26.7 Å². The van der Waals surface area contributed by atoms with E-state index in [9.17, 15) is 0 Å². The zero-order chi connectivity index (χ0) is 14.9. The Morgan fingerprint density at radius 1 is 1.14 bits per heavy atom. The van der Waals surface area contributed by atoms with Gasteiger partial charge in [-0.05, 0) is 30.4 Å². The average molecular weight is 408 g/mol. The van der Waals surface area contributed by atoms with E-state index in [2.05, 4.69) is 21.2 Å². The number of thioether (sulfide) groups is 1. The molecule has 2 aliphatic rings. The molecule has 0 amide bonds. The number of hydrogen-bond donors (Lipinski definition) is 1. The molecule has 1 saturated carbocycles. The minimum atomic E-state index is 0.432. The molecule has 2 nitrogen and oxygen atoms in total. The summed E-state index contributed by atoms with van der Waals surface area (Å²) in [6, 6.07) is 3.68. The van der Waals surface area contributed by atoms with Gasteiger partial charge in [0.25, 0.3) is 0 Å². The lowest BCUT2D eigenvalue weighted by Gasteiger charge is -2.38. The fraction of sp³-hybridized carbons (Fsp3) is 0.533. The molecule has 1 aliphatic carbocycles. The first-order valence-electron chi connectivity index (χ1n) is 7.17. The molecule has 1 aromatic rings. The van der Waals surface area contributed by atoms with Crippen LogP contribution >= 0.6 is 50.9 Å². The molecular formula is C15H17BrCl2N2S. The smallest absolute Gasteiger partial charge is 0.161 e. The lowest BCUT2D eigenvalue weighted by atomic mass is 9.75. The predicted molar refractivity (Wildman–Crippen MR) is 98.1 cm³/mol. The van der Waals surface area contributed by atoms with E-state index in [1.165, 1.54) is 32.1 Å². The Balaban J connectivity index is 1.72. The van der Waals surface area contributed by atoms with Gasteiger partial charge in [-0.3, -0.25) is 4.99 Å². The quantitative estimate of drug-likeness (QED) is 0.597. The van der Waals surface area contributed by atoms with E-state index < -0.39 is 0 Å². The monoisotopic (exact) mass is 406 g/mol. The highest BCUT2D eigenvalue weighted by molar-refractivity contribution is 9.10. The van der Waals surface area contributed by atoms with E-state index in [0.29, 0.717) is 15.5 Å². The fourth-order valence-electron chi connectivity index (χ4n) is 3.00. The minimum absolute atomic E-state index is 0.432. The maximum Gasteiger partial charge on any atom is 0.161 e. The van der Waals surface area contributed by atoms with E-state index in [-0.39, 0.29) is 0 Å². The Kier molecular flexibility index (Phi) is 5.09. The van der Waals surface area contributed by atoms with Crippen LogP contribution in [0.3, 0.4) is 0 Å². The minimum Gasteiger partial charge on any atom is -0.333 e. The molecule has 3 rings (SSSR count). The third kappa shape index (κ3) is 3.72. The highest BCUT2D eigenvalue weighted by Crippen LogP contribution is 2.42. The van der Waals surface area contributed by atoms with Crippen LogP contribution in [0.4, 0.5) is 5.69 Å². The van der Waals surface area contributed by atoms with Gasteiger partial charge in [0.15, 0.2) is 5.17 Å². The molecule has 0 saturated heterocycles. The molecule has 21 heavy (non-hydrogen) atoms. The summed E-state index contributed by atoms with van der Waals surface area (Å²) in [5, 5.41) is 5.44. The lowest BCUT2D eigenvalue weighted by molar-refractivity contribution is 0.232. The molecule has 6 heteroatoms. The summed E-state index contributed by atoms with van der Waals surface area (Å²) >= 11 is 17.7. The molecule has 1 spiro atoms. The maximum atomic E-state index is 6.26. The number of benzene rings is 1. The summed E-state index contributed by atoms with van der Waals surface area (Å²) in [7, 11) is 0. The highest BCUT2D eigenvalue weighted by atomic mass is 79.9. The summed E-state index contributed by atoms with van der Waals surface area (Å²) in [4.78, 5) is 4.75. The first-order chi connectivity index (χ1) is 10.1. The summed E-state index contributed by atoms with van der Waals surface area (Å²) in [5.41, 5.74) is 1.17. The van der Waals surface area contributed by atoms with Gasteiger partial charge in [0, 0.05) is 16.8 Å². The van der Waals surface area contributed by atoms with E-state index in [1.807, 2.05) is 12.1 Å². The molecule has 1 aromatic carbocycles. The molecule has 0 bridgehead atoms. The molecule has 114 valence electrons. The van der Waals surface area contributed by atoms with Crippen molar-refractivity contribution in [2.45, 2.75) is 32.1 Å². The Bertz CT molecular complexity index is 548. The summed E-state index contributed by atoms with van der Waals surface area (Å²) < 4.78 is 0.877. The number of aliphatic imine (C=N–C) groups is 1. The van der Waals surface area contributed by atoms with Crippen molar-refractivity contribution >= 4 is 61.7 Å². The van der Waals surface area contributed by atoms with E-state index in [4.69, 9.17) is 28.2 Å². The first-order valence-corrected chi connectivity index (χ1v) is 9.70. The molecule has 0 unspecified atom stereocenters. The standard InChI is InChI=1S/C15H17BrCl2N2S/c16-10-6-11(17)13(12(18)7-10)20-14-19-8-15(9-21-14)4-2-1-3-5-15/h6-7H,1-5,8-9H2,(H,19,20). The summed E-state index contributed by atoms with van der Waals surface area (Å²) in [5.74, 6) is 1.14. The maximum absolute atomic E-state index is 6.26. The number of anilines is 1.